The van der Waals surface area contributed by atoms with E-state index in [1.165, 1.54) is 8.61 Å². The first-order valence-corrected chi connectivity index (χ1v) is 14.6. The third-order valence-electron chi connectivity index (χ3n) is 7.47. The number of anilines is 1. The molecule has 204 valence electrons. The Labute approximate surface area is 221 Å². The third-order valence-corrected chi connectivity index (χ3v) is 9.39. The number of carbonyl (C=O) groups is 1. The number of hydrogen-bond donors (Lipinski definition) is 1. The zero-order valence-electron chi connectivity index (χ0n) is 22.6. The highest BCUT2D eigenvalue weighted by Crippen LogP contribution is 2.32. The molecule has 2 fully saturated rings. The van der Waals surface area contributed by atoms with Gasteiger partial charge in [-0.1, -0.05) is 26.8 Å². The molecule has 0 radical (unpaired) electrons. The number of nitrogens with zero attached hydrogens (tertiary/aromatic N) is 4. The van der Waals surface area contributed by atoms with Crippen molar-refractivity contribution in [2.75, 3.05) is 44.2 Å². The number of ether oxygens (including phenoxy) is 1. The molecule has 9 nitrogen and oxygen atoms in total. The molecule has 0 saturated carbocycles. The van der Waals surface area contributed by atoms with Gasteiger partial charge in [0.2, 0.25) is 5.91 Å². The van der Waals surface area contributed by atoms with Gasteiger partial charge in [-0.05, 0) is 49.8 Å². The SMILES string of the molecule is C=CCNC(=O)C1CCN(S(=O)(=O)N(C)c2ccc3c(c2)nc(C(C)(C)C)n3CC2CCOCC2)CC1. The van der Waals surface area contributed by atoms with Gasteiger partial charge in [0.25, 0.3) is 0 Å². The number of carbonyl (C=O) groups excluding carboxylic acids is 1. The van der Waals surface area contributed by atoms with Gasteiger partial charge >= 0.3 is 10.2 Å². The summed E-state index contributed by atoms with van der Waals surface area (Å²) in [5, 5.41) is 2.81. The summed E-state index contributed by atoms with van der Waals surface area (Å²) in [5.74, 6) is 1.33. The predicted octanol–water partition coefficient (Wildman–Crippen LogP) is 3.46. The third kappa shape index (κ3) is 6.02. The monoisotopic (exact) mass is 531 g/mol. The maximum atomic E-state index is 13.5. The Balaban J connectivity index is 1.54. The van der Waals surface area contributed by atoms with Crippen molar-refractivity contribution in [2.24, 2.45) is 11.8 Å². The smallest absolute Gasteiger partial charge is 0.303 e. The highest BCUT2D eigenvalue weighted by Gasteiger charge is 2.34. The normalized spacial score (nSPS) is 18.7. The maximum Gasteiger partial charge on any atom is 0.303 e. The lowest BCUT2D eigenvalue weighted by molar-refractivity contribution is -0.125. The Kier molecular flexibility index (Phi) is 8.30. The number of piperidine rings is 1. The van der Waals surface area contributed by atoms with Crippen LogP contribution in [0.2, 0.25) is 0 Å². The molecule has 3 heterocycles. The van der Waals surface area contributed by atoms with E-state index in [0.717, 1.165) is 49.5 Å². The van der Waals surface area contributed by atoms with E-state index in [0.29, 0.717) is 44.1 Å². The van der Waals surface area contributed by atoms with Crippen LogP contribution < -0.4 is 9.62 Å². The largest absolute Gasteiger partial charge is 0.381 e. The fourth-order valence-corrected chi connectivity index (χ4v) is 6.63. The summed E-state index contributed by atoms with van der Waals surface area (Å²) in [4.78, 5) is 17.3. The van der Waals surface area contributed by atoms with Gasteiger partial charge < -0.3 is 14.6 Å². The van der Waals surface area contributed by atoms with Crippen molar-refractivity contribution in [1.29, 1.82) is 0 Å². The first-order valence-electron chi connectivity index (χ1n) is 13.2. The van der Waals surface area contributed by atoms with E-state index >= 15 is 0 Å². The summed E-state index contributed by atoms with van der Waals surface area (Å²) in [6.07, 6.45) is 4.72. The Bertz CT molecular complexity index is 1220. The van der Waals surface area contributed by atoms with Crippen LogP contribution in [0.15, 0.2) is 30.9 Å². The predicted molar refractivity (Wildman–Crippen MR) is 147 cm³/mol. The van der Waals surface area contributed by atoms with Crippen molar-refractivity contribution in [3.05, 3.63) is 36.7 Å². The Morgan fingerprint density at radius 3 is 2.51 bits per heavy atom. The molecular weight excluding hydrogens is 490 g/mol. The molecule has 2 aliphatic heterocycles. The van der Waals surface area contributed by atoms with E-state index in [9.17, 15) is 13.2 Å². The minimum atomic E-state index is -3.73. The van der Waals surface area contributed by atoms with Crippen molar-refractivity contribution in [2.45, 2.75) is 58.4 Å². The van der Waals surface area contributed by atoms with Crippen molar-refractivity contribution in [1.82, 2.24) is 19.2 Å². The van der Waals surface area contributed by atoms with Crippen LogP contribution in [0.5, 0.6) is 0 Å². The van der Waals surface area contributed by atoms with Crippen LogP contribution >= 0.6 is 0 Å². The van der Waals surface area contributed by atoms with Crippen molar-refractivity contribution in [3.8, 4) is 0 Å². The second-order valence-corrected chi connectivity index (χ2v) is 13.2. The summed E-state index contributed by atoms with van der Waals surface area (Å²) in [6.45, 7) is 13.6. The lowest BCUT2D eigenvalue weighted by Crippen LogP contribution is -2.48. The highest BCUT2D eigenvalue weighted by atomic mass is 32.2. The Morgan fingerprint density at radius 1 is 1.22 bits per heavy atom. The van der Waals surface area contributed by atoms with E-state index in [1.807, 2.05) is 18.2 Å². The number of nitrogens with one attached hydrogen (secondary N) is 1. The summed E-state index contributed by atoms with van der Waals surface area (Å²) < 4.78 is 37.6. The molecule has 2 aliphatic rings. The number of aromatic nitrogens is 2. The zero-order valence-corrected chi connectivity index (χ0v) is 23.4. The van der Waals surface area contributed by atoms with E-state index in [1.54, 1.807) is 13.1 Å². The van der Waals surface area contributed by atoms with Crippen molar-refractivity contribution in [3.63, 3.8) is 0 Å². The summed E-state index contributed by atoms with van der Waals surface area (Å²) in [7, 11) is -2.15. The molecule has 0 spiro atoms. The summed E-state index contributed by atoms with van der Waals surface area (Å²) >= 11 is 0. The lowest BCUT2D eigenvalue weighted by Gasteiger charge is -2.33. The van der Waals surface area contributed by atoms with Gasteiger partial charge in [-0.15, -0.1) is 6.58 Å². The van der Waals surface area contributed by atoms with Gasteiger partial charge in [-0.3, -0.25) is 9.10 Å². The maximum absolute atomic E-state index is 13.5. The van der Waals surface area contributed by atoms with Crippen LogP contribution in [-0.4, -0.2) is 68.1 Å². The van der Waals surface area contributed by atoms with Gasteiger partial charge in [-0.25, -0.2) is 4.98 Å². The molecular formula is C27H41N5O4S. The van der Waals surface area contributed by atoms with Crippen LogP contribution in [0.3, 0.4) is 0 Å². The first kappa shape index (κ1) is 27.6. The van der Waals surface area contributed by atoms with Crippen molar-refractivity contribution < 1.29 is 17.9 Å². The van der Waals surface area contributed by atoms with E-state index in [4.69, 9.17) is 9.72 Å². The van der Waals surface area contributed by atoms with E-state index in [2.05, 4.69) is 37.2 Å². The minimum absolute atomic E-state index is 0.0401. The molecule has 0 bridgehead atoms. The van der Waals surface area contributed by atoms with Gasteiger partial charge in [-0.2, -0.15) is 12.7 Å². The molecule has 1 N–H and O–H groups in total. The zero-order chi connectivity index (χ0) is 26.8. The molecule has 4 rings (SSSR count). The van der Waals surface area contributed by atoms with Gasteiger partial charge in [0.05, 0.1) is 16.7 Å². The number of amides is 1. The Morgan fingerprint density at radius 2 is 1.89 bits per heavy atom. The molecule has 1 aromatic heterocycles. The number of fused-ring (bicyclic) bond motifs is 1. The van der Waals surface area contributed by atoms with E-state index in [-0.39, 0.29) is 17.2 Å². The number of hydrogen-bond acceptors (Lipinski definition) is 5. The van der Waals surface area contributed by atoms with Crippen molar-refractivity contribution >= 4 is 32.8 Å². The molecule has 2 saturated heterocycles. The highest BCUT2D eigenvalue weighted by molar-refractivity contribution is 7.90. The standard InChI is InChI=1S/C27H41N5O4S/c1-6-13-28-25(33)21-9-14-31(15-10-21)37(34,35)30(5)22-7-8-24-23(18-22)29-26(27(2,3)4)32(24)19-20-11-16-36-17-12-20/h6-8,18,20-21H,1,9-17,19H2,2-5H3,(H,28,33). The van der Waals surface area contributed by atoms with Crippen LogP contribution in [0.1, 0.15) is 52.3 Å². The number of imidazole rings is 1. The molecule has 0 atom stereocenters. The summed E-state index contributed by atoms with van der Waals surface area (Å²) in [5.41, 5.74) is 2.26. The average Bonchev–Trinajstić information content (AvgIpc) is 3.25. The van der Waals surface area contributed by atoms with Gasteiger partial charge in [0, 0.05) is 57.8 Å². The molecule has 0 aliphatic carbocycles. The van der Waals surface area contributed by atoms with Crippen LogP contribution in [0.4, 0.5) is 5.69 Å². The topological polar surface area (TPSA) is 96.8 Å². The Hall–Kier alpha value is -2.43. The minimum Gasteiger partial charge on any atom is -0.381 e. The van der Waals surface area contributed by atoms with E-state index < -0.39 is 10.2 Å². The second-order valence-electron chi connectivity index (χ2n) is 11.2. The average molecular weight is 532 g/mol. The van der Waals surface area contributed by atoms with Crippen LogP contribution in [0, 0.1) is 11.8 Å². The fraction of sp³-hybridized carbons (Fsp3) is 0.630. The molecule has 37 heavy (non-hydrogen) atoms. The molecule has 1 aromatic carbocycles. The second kappa shape index (κ2) is 11.1. The fourth-order valence-electron chi connectivity index (χ4n) is 5.23. The molecule has 10 heteroatoms. The summed E-state index contributed by atoms with van der Waals surface area (Å²) in [6, 6.07) is 5.73. The first-order chi connectivity index (χ1) is 17.5. The molecule has 1 amide bonds. The number of rotatable bonds is 8. The lowest BCUT2D eigenvalue weighted by atomic mass is 9.94. The van der Waals surface area contributed by atoms with Crippen LogP contribution in [0.25, 0.3) is 11.0 Å². The molecule has 0 unspecified atom stereocenters. The number of benzene rings is 1. The quantitative estimate of drug-likeness (QED) is 0.527. The van der Waals surface area contributed by atoms with Gasteiger partial charge in [0.1, 0.15) is 5.82 Å². The van der Waals surface area contributed by atoms with Gasteiger partial charge in [0.15, 0.2) is 0 Å². The van der Waals surface area contributed by atoms with Crippen LogP contribution in [-0.2, 0) is 31.7 Å². The molecule has 2 aromatic rings.